The van der Waals surface area contributed by atoms with Gasteiger partial charge in [0.15, 0.2) is 9.84 Å². The Morgan fingerprint density at radius 2 is 1.84 bits per heavy atom. The first-order valence-corrected chi connectivity index (χ1v) is 9.91. The molecule has 0 heterocycles. The van der Waals surface area contributed by atoms with Gasteiger partial charge in [-0.2, -0.15) is 0 Å². The summed E-state index contributed by atoms with van der Waals surface area (Å²) in [6.45, 7) is 1.87. The smallest absolute Gasteiger partial charge is 0.220 e. The van der Waals surface area contributed by atoms with Gasteiger partial charge in [0.2, 0.25) is 5.91 Å². The van der Waals surface area contributed by atoms with E-state index in [9.17, 15) is 13.2 Å². The van der Waals surface area contributed by atoms with Gasteiger partial charge in [-0.05, 0) is 48.7 Å². The van der Waals surface area contributed by atoms with Crippen LogP contribution in [0.4, 0.5) is 0 Å². The van der Waals surface area contributed by atoms with Gasteiger partial charge in [0.05, 0.1) is 18.0 Å². The first kappa shape index (κ1) is 19.0. The van der Waals surface area contributed by atoms with Gasteiger partial charge in [-0.25, -0.2) is 8.42 Å². The summed E-state index contributed by atoms with van der Waals surface area (Å²) < 4.78 is 28.1. The molecular weight excluding hydrogens is 338 g/mol. The summed E-state index contributed by atoms with van der Waals surface area (Å²) in [7, 11) is -1.60. The normalized spacial score (nSPS) is 12.4. The van der Waals surface area contributed by atoms with Crippen molar-refractivity contribution < 1.29 is 17.9 Å². The molecule has 0 bridgehead atoms. The number of carbonyl (C=O) groups excluding carboxylic acids is 1. The van der Waals surface area contributed by atoms with Crippen molar-refractivity contribution in [3.05, 3.63) is 59.7 Å². The average molecular weight is 361 g/mol. The predicted octanol–water partition coefficient (Wildman–Crippen LogP) is 2.91. The lowest BCUT2D eigenvalue weighted by Gasteiger charge is -2.15. The lowest BCUT2D eigenvalue weighted by atomic mass is 10.1. The number of nitrogens with one attached hydrogen (secondary N) is 1. The van der Waals surface area contributed by atoms with Crippen LogP contribution in [0.25, 0.3) is 0 Å². The lowest BCUT2D eigenvalue weighted by Crippen LogP contribution is -2.26. The minimum Gasteiger partial charge on any atom is -0.497 e. The Balaban J connectivity index is 1.91. The summed E-state index contributed by atoms with van der Waals surface area (Å²) in [5.41, 5.74) is 1.90. The van der Waals surface area contributed by atoms with Crippen LogP contribution in [0.5, 0.6) is 5.75 Å². The molecule has 5 nitrogen and oxygen atoms in total. The standard InChI is InChI=1S/C19H23NO4S/c1-14(16-8-10-18(11-9-16)25(3,22)23)20-19(21)12-7-15-5-4-6-17(13-15)24-2/h4-6,8-11,13-14H,7,12H2,1-3H3,(H,20,21). The van der Waals surface area contributed by atoms with Crippen LogP contribution in [0.3, 0.4) is 0 Å². The molecule has 2 rings (SSSR count). The third kappa shape index (κ3) is 5.60. The molecule has 1 amide bonds. The number of rotatable bonds is 7. The molecule has 134 valence electrons. The molecule has 0 saturated heterocycles. The summed E-state index contributed by atoms with van der Waals surface area (Å²) in [6, 6.07) is 14.0. The fourth-order valence-corrected chi connectivity index (χ4v) is 3.12. The molecule has 0 radical (unpaired) electrons. The molecule has 1 N–H and O–H groups in total. The topological polar surface area (TPSA) is 72.5 Å². The predicted molar refractivity (Wildman–Crippen MR) is 97.4 cm³/mol. The first-order chi connectivity index (χ1) is 11.8. The van der Waals surface area contributed by atoms with Gasteiger partial charge in [0.25, 0.3) is 0 Å². The van der Waals surface area contributed by atoms with Crippen molar-refractivity contribution in [2.24, 2.45) is 0 Å². The van der Waals surface area contributed by atoms with Crippen LogP contribution in [-0.2, 0) is 21.1 Å². The zero-order valence-corrected chi connectivity index (χ0v) is 15.5. The van der Waals surface area contributed by atoms with Crippen molar-refractivity contribution in [1.82, 2.24) is 5.32 Å². The van der Waals surface area contributed by atoms with E-state index >= 15 is 0 Å². The monoisotopic (exact) mass is 361 g/mol. The third-order valence-electron chi connectivity index (χ3n) is 3.96. The first-order valence-electron chi connectivity index (χ1n) is 8.02. The molecule has 0 fully saturated rings. The number of aryl methyl sites for hydroxylation is 1. The number of ether oxygens (including phenoxy) is 1. The highest BCUT2D eigenvalue weighted by atomic mass is 32.2. The highest BCUT2D eigenvalue weighted by molar-refractivity contribution is 7.90. The molecule has 0 saturated carbocycles. The quantitative estimate of drug-likeness (QED) is 0.823. The molecule has 0 aliphatic carbocycles. The Morgan fingerprint density at radius 3 is 2.44 bits per heavy atom. The molecule has 0 aromatic heterocycles. The van der Waals surface area contributed by atoms with Gasteiger partial charge >= 0.3 is 0 Å². The number of methoxy groups -OCH3 is 1. The fraction of sp³-hybridized carbons (Fsp3) is 0.316. The van der Waals surface area contributed by atoms with Crippen LogP contribution in [0.15, 0.2) is 53.4 Å². The van der Waals surface area contributed by atoms with E-state index in [-0.39, 0.29) is 16.8 Å². The van der Waals surface area contributed by atoms with Crippen molar-refractivity contribution >= 4 is 15.7 Å². The Bertz CT molecular complexity index is 829. The van der Waals surface area contributed by atoms with Crippen molar-refractivity contribution in [2.75, 3.05) is 13.4 Å². The van der Waals surface area contributed by atoms with Crippen molar-refractivity contribution in [1.29, 1.82) is 0 Å². The molecule has 1 unspecified atom stereocenters. The van der Waals surface area contributed by atoms with E-state index in [1.165, 1.54) is 6.26 Å². The second-order valence-corrected chi connectivity index (χ2v) is 8.00. The minimum atomic E-state index is -3.21. The van der Waals surface area contributed by atoms with Gasteiger partial charge in [-0.15, -0.1) is 0 Å². The summed E-state index contributed by atoms with van der Waals surface area (Å²) >= 11 is 0. The van der Waals surface area contributed by atoms with Crippen LogP contribution in [-0.4, -0.2) is 27.7 Å². The molecule has 1 atom stereocenters. The number of hydrogen-bond donors (Lipinski definition) is 1. The molecule has 0 spiro atoms. The highest BCUT2D eigenvalue weighted by Crippen LogP contribution is 2.17. The molecule has 0 aliphatic heterocycles. The van der Waals surface area contributed by atoms with E-state index in [1.54, 1.807) is 31.4 Å². The van der Waals surface area contributed by atoms with Gasteiger partial charge in [0.1, 0.15) is 5.75 Å². The second kappa shape index (κ2) is 8.16. The van der Waals surface area contributed by atoms with Gasteiger partial charge in [0, 0.05) is 12.7 Å². The van der Waals surface area contributed by atoms with E-state index in [2.05, 4.69) is 5.32 Å². The zero-order chi connectivity index (χ0) is 18.4. The summed E-state index contributed by atoms with van der Waals surface area (Å²) in [6.07, 6.45) is 2.17. The van der Waals surface area contributed by atoms with Crippen molar-refractivity contribution in [3.63, 3.8) is 0 Å². The van der Waals surface area contributed by atoms with E-state index in [4.69, 9.17) is 4.74 Å². The summed E-state index contributed by atoms with van der Waals surface area (Å²) in [5, 5.41) is 2.93. The maximum absolute atomic E-state index is 12.1. The van der Waals surface area contributed by atoms with Gasteiger partial charge < -0.3 is 10.1 Å². The summed E-state index contributed by atoms with van der Waals surface area (Å²) in [4.78, 5) is 12.4. The van der Waals surface area contributed by atoms with Crippen LogP contribution in [0.1, 0.15) is 30.5 Å². The summed E-state index contributed by atoms with van der Waals surface area (Å²) in [5.74, 6) is 0.722. The number of sulfone groups is 1. The molecule has 2 aromatic carbocycles. The lowest BCUT2D eigenvalue weighted by molar-refractivity contribution is -0.121. The average Bonchev–Trinajstić information content (AvgIpc) is 2.59. The Hall–Kier alpha value is -2.34. The number of benzene rings is 2. The zero-order valence-electron chi connectivity index (χ0n) is 14.7. The largest absolute Gasteiger partial charge is 0.497 e. The fourth-order valence-electron chi connectivity index (χ4n) is 2.49. The van der Waals surface area contributed by atoms with Gasteiger partial charge in [-0.1, -0.05) is 24.3 Å². The maximum Gasteiger partial charge on any atom is 0.220 e. The Morgan fingerprint density at radius 1 is 1.16 bits per heavy atom. The van der Waals surface area contributed by atoms with E-state index in [0.717, 1.165) is 16.9 Å². The molecular formula is C19H23NO4S. The van der Waals surface area contributed by atoms with Crippen LogP contribution >= 0.6 is 0 Å². The highest BCUT2D eigenvalue weighted by Gasteiger charge is 2.12. The minimum absolute atomic E-state index is 0.0532. The number of amides is 1. The molecule has 6 heteroatoms. The third-order valence-corrected chi connectivity index (χ3v) is 5.09. The van der Waals surface area contributed by atoms with Crippen LogP contribution in [0.2, 0.25) is 0 Å². The van der Waals surface area contributed by atoms with Crippen molar-refractivity contribution in [3.8, 4) is 5.75 Å². The van der Waals surface area contributed by atoms with E-state index < -0.39 is 9.84 Å². The van der Waals surface area contributed by atoms with Crippen molar-refractivity contribution in [2.45, 2.75) is 30.7 Å². The maximum atomic E-state index is 12.1. The number of hydrogen-bond acceptors (Lipinski definition) is 4. The second-order valence-electron chi connectivity index (χ2n) is 5.98. The Kier molecular flexibility index (Phi) is 6.20. The van der Waals surface area contributed by atoms with E-state index in [0.29, 0.717) is 12.8 Å². The molecule has 25 heavy (non-hydrogen) atoms. The molecule has 0 aliphatic rings. The van der Waals surface area contributed by atoms with Gasteiger partial charge in [-0.3, -0.25) is 4.79 Å². The van der Waals surface area contributed by atoms with Crippen LogP contribution in [0, 0.1) is 0 Å². The SMILES string of the molecule is COc1cccc(CCC(=O)NC(C)c2ccc(S(C)(=O)=O)cc2)c1. The van der Waals surface area contributed by atoms with Crippen LogP contribution < -0.4 is 10.1 Å². The van der Waals surface area contributed by atoms with E-state index in [1.807, 2.05) is 31.2 Å². The number of carbonyl (C=O) groups is 1. The Labute approximate surface area is 148 Å². The molecule has 2 aromatic rings.